The molecule has 0 bridgehead atoms. The largest absolute Gasteiger partial charge is 0.497 e. The molecular formula is C17H19FN2O4. The molecule has 6 nitrogen and oxygen atoms in total. The van der Waals surface area contributed by atoms with Crippen molar-refractivity contribution in [1.82, 2.24) is 5.32 Å². The molecule has 2 aromatic rings. The van der Waals surface area contributed by atoms with Gasteiger partial charge < -0.3 is 24.8 Å². The molecule has 24 heavy (non-hydrogen) atoms. The van der Waals surface area contributed by atoms with Gasteiger partial charge in [0.05, 0.1) is 26.5 Å². The Kier molecular flexibility index (Phi) is 6.24. The first kappa shape index (κ1) is 17.4. The van der Waals surface area contributed by atoms with Gasteiger partial charge >= 0.3 is 6.03 Å². The summed E-state index contributed by atoms with van der Waals surface area (Å²) in [5.74, 6) is 1.33. The van der Waals surface area contributed by atoms with Crippen LogP contribution in [0.4, 0.5) is 14.9 Å². The van der Waals surface area contributed by atoms with Crippen LogP contribution in [-0.2, 0) is 0 Å². The Labute approximate surface area is 139 Å². The second kappa shape index (κ2) is 8.61. The summed E-state index contributed by atoms with van der Waals surface area (Å²) < 4.78 is 28.4. The van der Waals surface area contributed by atoms with Crippen LogP contribution in [-0.4, -0.2) is 33.4 Å². The summed E-state index contributed by atoms with van der Waals surface area (Å²) in [6.07, 6.45) is 0. The first-order valence-corrected chi connectivity index (χ1v) is 7.27. The van der Waals surface area contributed by atoms with Crippen LogP contribution in [0.2, 0.25) is 0 Å². The molecule has 0 aliphatic rings. The normalized spacial score (nSPS) is 9.96. The van der Waals surface area contributed by atoms with Crippen LogP contribution in [0.1, 0.15) is 0 Å². The Morgan fingerprint density at radius 2 is 1.75 bits per heavy atom. The van der Waals surface area contributed by atoms with E-state index >= 15 is 0 Å². The highest BCUT2D eigenvalue weighted by atomic mass is 19.1. The van der Waals surface area contributed by atoms with Gasteiger partial charge in [0.15, 0.2) is 0 Å². The topological polar surface area (TPSA) is 68.8 Å². The molecule has 2 rings (SSSR count). The second-order valence-corrected chi connectivity index (χ2v) is 4.75. The lowest BCUT2D eigenvalue weighted by Crippen LogP contribution is -2.32. The zero-order valence-corrected chi connectivity index (χ0v) is 13.5. The summed E-state index contributed by atoms with van der Waals surface area (Å²) in [6, 6.07) is 10.4. The van der Waals surface area contributed by atoms with E-state index in [0.29, 0.717) is 29.5 Å². The van der Waals surface area contributed by atoms with Gasteiger partial charge in [0.2, 0.25) is 0 Å². The van der Waals surface area contributed by atoms with Crippen LogP contribution in [0.25, 0.3) is 0 Å². The van der Waals surface area contributed by atoms with Gasteiger partial charge in [0.1, 0.15) is 29.7 Å². The van der Waals surface area contributed by atoms with Crippen LogP contribution in [0.15, 0.2) is 42.5 Å². The number of methoxy groups -OCH3 is 2. The van der Waals surface area contributed by atoms with Gasteiger partial charge in [-0.15, -0.1) is 0 Å². The van der Waals surface area contributed by atoms with Gasteiger partial charge in [-0.05, 0) is 36.4 Å². The standard InChI is InChI=1S/C17H19FN2O4/c1-22-14-7-8-15(16(11-14)23-2)20-17(21)19-9-10-24-13-5-3-12(18)4-6-13/h3-8,11H,9-10H2,1-2H3,(H2,19,20,21). The number of carbonyl (C=O) groups is 1. The number of ether oxygens (including phenoxy) is 3. The highest BCUT2D eigenvalue weighted by Gasteiger charge is 2.08. The van der Waals surface area contributed by atoms with Crippen molar-refractivity contribution in [2.24, 2.45) is 0 Å². The number of anilines is 1. The molecule has 7 heteroatoms. The van der Waals surface area contributed by atoms with E-state index in [1.807, 2.05) is 0 Å². The summed E-state index contributed by atoms with van der Waals surface area (Å²) in [7, 11) is 3.06. The molecule has 0 aromatic heterocycles. The third-order valence-electron chi connectivity index (χ3n) is 3.13. The van der Waals surface area contributed by atoms with Crippen molar-refractivity contribution in [1.29, 1.82) is 0 Å². The van der Waals surface area contributed by atoms with Crippen LogP contribution in [0.3, 0.4) is 0 Å². The zero-order chi connectivity index (χ0) is 17.4. The maximum absolute atomic E-state index is 12.8. The molecule has 0 aliphatic carbocycles. The monoisotopic (exact) mass is 334 g/mol. The van der Waals surface area contributed by atoms with Crippen LogP contribution in [0, 0.1) is 5.82 Å². The average molecular weight is 334 g/mol. The van der Waals surface area contributed by atoms with E-state index in [1.54, 1.807) is 25.3 Å². The van der Waals surface area contributed by atoms with Gasteiger partial charge in [-0.25, -0.2) is 9.18 Å². The molecule has 0 spiro atoms. The van der Waals surface area contributed by atoms with E-state index in [1.165, 1.54) is 31.4 Å². The van der Waals surface area contributed by atoms with Crippen molar-refractivity contribution in [2.45, 2.75) is 0 Å². The summed E-state index contributed by atoms with van der Waals surface area (Å²) in [5, 5.41) is 5.34. The molecule has 0 saturated carbocycles. The lowest BCUT2D eigenvalue weighted by atomic mass is 10.2. The Hall–Kier alpha value is -2.96. The molecule has 2 N–H and O–H groups in total. The highest BCUT2D eigenvalue weighted by molar-refractivity contribution is 5.91. The fourth-order valence-corrected chi connectivity index (χ4v) is 1.93. The number of benzene rings is 2. The fraction of sp³-hybridized carbons (Fsp3) is 0.235. The maximum atomic E-state index is 12.8. The summed E-state index contributed by atoms with van der Waals surface area (Å²) >= 11 is 0. The molecule has 2 amide bonds. The predicted octanol–water partition coefficient (Wildman–Crippen LogP) is 3.04. The second-order valence-electron chi connectivity index (χ2n) is 4.75. The number of carbonyl (C=O) groups excluding carboxylic acids is 1. The van der Waals surface area contributed by atoms with Crippen molar-refractivity contribution in [3.63, 3.8) is 0 Å². The van der Waals surface area contributed by atoms with E-state index in [0.717, 1.165) is 0 Å². The lowest BCUT2D eigenvalue weighted by Gasteiger charge is -2.12. The molecule has 0 unspecified atom stereocenters. The number of rotatable bonds is 7. The van der Waals surface area contributed by atoms with Gasteiger partial charge in [-0.3, -0.25) is 0 Å². The number of hydrogen-bond acceptors (Lipinski definition) is 4. The summed E-state index contributed by atoms with van der Waals surface area (Å²) in [5.41, 5.74) is 0.523. The SMILES string of the molecule is COc1ccc(NC(=O)NCCOc2ccc(F)cc2)c(OC)c1. The van der Waals surface area contributed by atoms with E-state index in [4.69, 9.17) is 14.2 Å². The zero-order valence-electron chi connectivity index (χ0n) is 13.5. The van der Waals surface area contributed by atoms with E-state index in [9.17, 15) is 9.18 Å². The molecule has 0 radical (unpaired) electrons. The lowest BCUT2D eigenvalue weighted by molar-refractivity contribution is 0.247. The van der Waals surface area contributed by atoms with E-state index in [-0.39, 0.29) is 18.5 Å². The first-order chi connectivity index (χ1) is 11.6. The summed E-state index contributed by atoms with van der Waals surface area (Å²) in [6.45, 7) is 0.556. The van der Waals surface area contributed by atoms with Crippen molar-refractivity contribution < 1.29 is 23.4 Å². The molecule has 0 atom stereocenters. The Morgan fingerprint density at radius 1 is 1.04 bits per heavy atom. The van der Waals surface area contributed by atoms with Crippen molar-refractivity contribution in [3.8, 4) is 17.2 Å². The molecule has 2 aromatic carbocycles. The molecule has 0 fully saturated rings. The predicted molar refractivity (Wildman–Crippen MR) is 88.5 cm³/mol. The molecule has 0 saturated heterocycles. The minimum Gasteiger partial charge on any atom is -0.497 e. The summed E-state index contributed by atoms with van der Waals surface area (Å²) in [4.78, 5) is 11.9. The van der Waals surface area contributed by atoms with Crippen molar-refractivity contribution >= 4 is 11.7 Å². The molecule has 0 heterocycles. The van der Waals surface area contributed by atoms with Crippen molar-refractivity contribution in [2.75, 3.05) is 32.7 Å². The van der Waals surface area contributed by atoms with Gasteiger partial charge in [0, 0.05) is 6.07 Å². The minimum atomic E-state index is -0.388. The van der Waals surface area contributed by atoms with Gasteiger partial charge in [-0.1, -0.05) is 0 Å². The Bertz CT molecular complexity index is 677. The number of nitrogens with one attached hydrogen (secondary N) is 2. The minimum absolute atomic E-state index is 0.263. The van der Waals surface area contributed by atoms with E-state index < -0.39 is 0 Å². The number of amides is 2. The van der Waals surface area contributed by atoms with Crippen molar-refractivity contribution in [3.05, 3.63) is 48.3 Å². The first-order valence-electron chi connectivity index (χ1n) is 7.27. The molecule has 128 valence electrons. The van der Waals surface area contributed by atoms with Gasteiger partial charge in [0.25, 0.3) is 0 Å². The van der Waals surface area contributed by atoms with Crippen LogP contribution in [0.5, 0.6) is 17.2 Å². The number of urea groups is 1. The maximum Gasteiger partial charge on any atom is 0.319 e. The van der Waals surface area contributed by atoms with Gasteiger partial charge in [-0.2, -0.15) is 0 Å². The van der Waals surface area contributed by atoms with Crippen LogP contribution >= 0.6 is 0 Å². The highest BCUT2D eigenvalue weighted by Crippen LogP contribution is 2.28. The third-order valence-corrected chi connectivity index (χ3v) is 3.13. The smallest absolute Gasteiger partial charge is 0.319 e. The average Bonchev–Trinajstić information content (AvgIpc) is 2.60. The fourth-order valence-electron chi connectivity index (χ4n) is 1.93. The Balaban J connectivity index is 1.78. The Morgan fingerprint density at radius 3 is 2.42 bits per heavy atom. The van der Waals surface area contributed by atoms with Crippen LogP contribution < -0.4 is 24.8 Å². The third kappa shape index (κ3) is 5.05. The number of hydrogen-bond donors (Lipinski definition) is 2. The number of halogens is 1. The quantitative estimate of drug-likeness (QED) is 0.764. The molecule has 0 aliphatic heterocycles. The van der Waals surface area contributed by atoms with E-state index in [2.05, 4.69) is 10.6 Å². The molecular weight excluding hydrogens is 315 g/mol.